The quantitative estimate of drug-likeness (QED) is 0.650. The van der Waals surface area contributed by atoms with E-state index in [0.29, 0.717) is 0 Å². The maximum Gasteiger partial charge on any atom is 0.239 e. The van der Waals surface area contributed by atoms with Gasteiger partial charge in [0.1, 0.15) is 22.5 Å². The Morgan fingerprint density at radius 1 is 0.923 bits per heavy atom. The zero-order chi connectivity index (χ0) is 19.0. The number of benzene rings is 2. The van der Waals surface area contributed by atoms with Gasteiger partial charge in [0, 0.05) is 12.1 Å². The molecule has 3 rings (SSSR count). The average Bonchev–Trinajstić information content (AvgIpc) is 2.61. The van der Waals surface area contributed by atoms with E-state index >= 15 is 0 Å². The maximum absolute atomic E-state index is 12.8. The summed E-state index contributed by atoms with van der Waals surface area (Å²) < 4.78 is 21.1. The van der Waals surface area contributed by atoms with Crippen LogP contribution in [0.3, 0.4) is 0 Å². The Morgan fingerprint density at radius 3 is 2.19 bits per heavy atom. The van der Waals surface area contributed by atoms with Gasteiger partial charge < -0.3 is 33.9 Å². The van der Waals surface area contributed by atoms with Gasteiger partial charge in [-0.05, 0) is 12.1 Å². The van der Waals surface area contributed by atoms with Gasteiger partial charge >= 0.3 is 0 Å². The highest BCUT2D eigenvalue weighted by molar-refractivity contribution is 5.91. The van der Waals surface area contributed by atoms with E-state index < -0.39 is 11.2 Å². The summed E-state index contributed by atoms with van der Waals surface area (Å²) in [7, 11) is 3.96. The summed E-state index contributed by atoms with van der Waals surface area (Å²) in [6.45, 7) is 0. The molecule has 0 fully saturated rings. The van der Waals surface area contributed by atoms with Gasteiger partial charge in [-0.15, -0.1) is 0 Å². The molecule has 0 bridgehead atoms. The van der Waals surface area contributed by atoms with Gasteiger partial charge in [0.15, 0.2) is 17.3 Å². The molecule has 1 aromatic heterocycles. The molecule has 3 aromatic rings. The van der Waals surface area contributed by atoms with E-state index in [1.165, 1.54) is 39.5 Å². The second kappa shape index (κ2) is 6.40. The Bertz CT molecular complexity index is 1050. The van der Waals surface area contributed by atoms with Gasteiger partial charge in [-0.1, -0.05) is 0 Å². The van der Waals surface area contributed by atoms with E-state index in [-0.39, 0.29) is 51.0 Å². The van der Waals surface area contributed by atoms with Gasteiger partial charge in [0.25, 0.3) is 0 Å². The first-order chi connectivity index (χ1) is 12.4. The Labute approximate surface area is 147 Å². The number of phenolic OH excluding ortho intramolecular Hbond substituents is 3. The molecule has 8 nitrogen and oxygen atoms in total. The molecule has 0 aliphatic carbocycles. The van der Waals surface area contributed by atoms with Crippen molar-refractivity contribution in [1.29, 1.82) is 0 Å². The van der Waals surface area contributed by atoms with E-state index in [1.54, 1.807) is 0 Å². The van der Waals surface area contributed by atoms with Crippen molar-refractivity contribution in [3.8, 4) is 45.8 Å². The highest BCUT2D eigenvalue weighted by Gasteiger charge is 2.25. The van der Waals surface area contributed by atoms with Crippen LogP contribution in [0.2, 0.25) is 0 Å². The molecule has 26 heavy (non-hydrogen) atoms. The number of ether oxygens (including phenoxy) is 3. The molecule has 0 atom stereocenters. The van der Waals surface area contributed by atoms with Crippen LogP contribution in [0.15, 0.2) is 33.5 Å². The highest BCUT2D eigenvalue weighted by atomic mass is 16.5. The minimum atomic E-state index is -0.658. The highest BCUT2D eigenvalue weighted by Crippen LogP contribution is 2.44. The third kappa shape index (κ3) is 2.52. The summed E-state index contributed by atoms with van der Waals surface area (Å²) in [4.78, 5) is 12.8. The summed E-state index contributed by atoms with van der Waals surface area (Å²) in [6, 6.07) is 5.18. The minimum absolute atomic E-state index is 0.00780. The first-order valence-corrected chi connectivity index (χ1v) is 7.44. The zero-order valence-corrected chi connectivity index (χ0v) is 14.2. The summed E-state index contributed by atoms with van der Waals surface area (Å²) in [5, 5.41) is 29.8. The molecular weight excluding hydrogens is 344 g/mol. The third-order valence-corrected chi connectivity index (χ3v) is 3.89. The van der Waals surface area contributed by atoms with Crippen molar-refractivity contribution in [2.24, 2.45) is 0 Å². The number of fused-ring (bicyclic) bond motifs is 1. The standard InChI is InChI=1S/C18H16O8/c1-23-12-7-11-13(14(21)17(12)24-2)15(22)18(25-3)16(26-11)9-5-4-8(19)6-10(9)20/h4-7,19-21H,1-3H3. The molecule has 3 N–H and O–H groups in total. The van der Waals surface area contributed by atoms with Crippen molar-refractivity contribution in [3.63, 3.8) is 0 Å². The van der Waals surface area contributed by atoms with Crippen LogP contribution in [0.4, 0.5) is 0 Å². The number of aromatic hydroxyl groups is 3. The lowest BCUT2D eigenvalue weighted by Crippen LogP contribution is -2.08. The second-order valence-corrected chi connectivity index (χ2v) is 5.33. The predicted molar refractivity (Wildman–Crippen MR) is 92.6 cm³/mol. The summed E-state index contributed by atoms with van der Waals surface area (Å²) >= 11 is 0. The van der Waals surface area contributed by atoms with Crippen LogP contribution < -0.4 is 19.6 Å². The fraction of sp³-hybridized carbons (Fsp3) is 0.167. The number of methoxy groups -OCH3 is 3. The summed E-state index contributed by atoms with van der Waals surface area (Å²) in [5.41, 5.74) is -0.518. The van der Waals surface area contributed by atoms with Crippen LogP contribution >= 0.6 is 0 Å². The lowest BCUT2D eigenvalue weighted by atomic mass is 10.1. The zero-order valence-electron chi connectivity index (χ0n) is 14.2. The van der Waals surface area contributed by atoms with Crippen LogP contribution in [0.25, 0.3) is 22.3 Å². The number of hydrogen-bond acceptors (Lipinski definition) is 8. The minimum Gasteiger partial charge on any atom is -0.508 e. The second-order valence-electron chi connectivity index (χ2n) is 5.33. The fourth-order valence-corrected chi connectivity index (χ4v) is 2.70. The van der Waals surface area contributed by atoms with E-state index in [9.17, 15) is 20.1 Å². The Kier molecular flexibility index (Phi) is 4.25. The summed E-state index contributed by atoms with van der Waals surface area (Å²) in [6.07, 6.45) is 0. The first-order valence-electron chi connectivity index (χ1n) is 7.44. The number of rotatable bonds is 4. The molecule has 0 amide bonds. The Morgan fingerprint density at radius 2 is 1.62 bits per heavy atom. The van der Waals surface area contributed by atoms with Gasteiger partial charge in [-0.2, -0.15) is 0 Å². The number of phenols is 3. The monoisotopic (exact) mass is 360 g/mol. The smallest absolute Gasteiger partial charge is 0.239 e. The molecule has 0 aliphatic rings. The topological polar surface area (TPSA) is 119 Å². The number of hydrogen-bond donors (Lipinski definition) is 3. The molecule has 136 valence electrons. The van der Waals surface area contributed by atoms with Crippen molar-refractivity contribution in [2.45, 2.75) is 0 Å². The van der Waals surface area contributed by atoms with E-state index in [0.717, 1.165) is 6.07 Å². The third-order valence-electron chi connectivity index (χ3n) is 3.89. The van der Waals surface area contributed by atoms with E-state index in [2.05, 4.69) is 0 Å². The normalized spacial score (nSPS) is 10.7. The van der Waals surface area contributed by atoms with Crippen LogP contribution in [-0.4, -0.2) is 36.6 Å². The van der Waals surface area contributed by atoms with Crippen molar-refractivity contribution in [2.75, 3.05) is 21.3 Å². The lowest BCUT2D eigenvalue weighted by molar-refractivity contribution is 0.334. The molecule has 0 unspecified atom stereocenters. The maximum atomic E-state index is 12.8. The van der Waals surface area contributed by atoms with Gasteiger partial charge in [0.05, 0.1) is 26.9 Å². The van der Waals surface area contributed by atoms with Crippen molar-refractivity contribution < 1.29 is 33.9 Å². The van der Waals surface area contributed by atoms with Gasteiger partial charge in [-0.3, -0.25) is 4.79 Å². The summed E-state index contributed by atoms with van der Waals surface area (Å²) in [5.74, 6) is -1.06. The van der Waals surface area contributed by atoms with E-state index in [1.807, 2.05) is 0 Å². The molecule has 1 heterocycles. The molecule has 0 spiro atoms. The molecule has 0 radical (unpaired) electrons. The fourth-order valence-electron chi connectivity index (χ4n) is 2.70. The lowest BCUT2D eigenvalue weighted by Gasteiger charge is -2.14. The van der Waals surface area contributed by atoms with Crippen molar-refractivity contribution in [3.05, 3.63) is 34.5 Å². The van der Waals surface area contributed by atoms with Crippen LogP contribution in [0.5, 0.6) is 34.5 Å². The molecule has 0 saturated carbocycles. The molecule has 0 aliphatic heterocycles. The van der Waals surface area contributed by atoms with Crippen molar-refractivity contribution in [1.82, 2.24) is 0 Å². The van der Waals surface area contributed by atoms with Crippen LogP contribution in [0.1, 0.15) is 0 Å². The molecule has 8 heteroatoms. The van der Waals surface area contributed by atoms with E-state index in [4.69, 9.17) is 18.6 Å². The first kappa shape index (κ1) is 17.3. The van der Waals surface area contributed by atoms with Crippen molar-refractivity contribution >= 4 is 11.0 Å². The molecular formula is C18H16O8. The Hall–Kier alpha value is -3.55. The predicted octanol–water partition coefficient (Wildman–Crippen LogP) is 2.60. The van der Waals surface area contributed by atoms with Crippen LogP contribution in [0, 0.1) is 0 Å². The average molecular weight is 360 g/mol. The largest absolute Gasteiger partial charge is 0.508 e. The molecule has 2 aromatic carbocycles. The van der Waals surface area contributed by atoms with Gasteiger partial charge in [-0.25, -0.2) is 0 Å². The Balaban J connectivity index is 2.44. The molecule has 0 saturated heterocycles. The SMILES string of the molecule is COc1cc2oc(-c3ccc(O)cc3O)c(OC)c(=O)c2c(O)c1OC. The van der Waals surface area contributed by atoms with Crippen LogP contribution in [-0.2, 0) is 0 Å². The van der Waals surface area contributed by atoms with Gasteiger partial charge in [0.2, 0.25) is 16.9 Å².